The second kappa shape index (κ2) is 10.3. The third kappa shape index (κ3) is 5.46. The van der Waals surface area contributed by atoms with Crippen molar-refractivity contribution < 1.29 is 30.3 Å². The van der Waals surface area contributed by atoms with Crippen molar-refractivity contribution in [2.24, 2.45) is 5.10 Å². The fourth-order valence-electron chi connectivity index (χ4n) is 2.46. The van der Waals surface area contributed by atoms with E-state index in [1.807, 2.05) is 43.3 Å². The molecular weight excluding hydrogens is 445 g/mol. The van der Waals surface area contributed by atoms with Crippen LogP contribution in [0.3, 0.4) is 0 Å². The van der Waals surface area contributed by atoms with Gasteiger partial charge >= 0.3 is 0 Å². The van der Waals surface area contributed by atoms with E-state index in [0.717, 1.165) is 11.1 Å². The third-order valence-corrected chi connectivity index (χ3v) is 3.90. The van der Waals surface area contributed by atoms with E-state index in [1.165, 1.54) is 11.6 Å². The fourth-order valence-corrected chi connectivity index (χ4v) is 2.46. The Labute approximate surface area is 177 Å². The van der Waals surface area contributed by atoms with Crippen LogP contribution in [0.5, 0.6) is 5.75 Å². The van der Waals surface area contributed by atoms with Gasteiger partial charge in [-0.3, -0.25) is 15.2 Å². The molecule has 0 amide bonds. The molecule has 4 rings (SSSR count). The molecule has 0 aliphatic heterocycles. The minimum Gasteiger partial charge on any atom is -0.506 e. The van der Waals surface area contributed by atoms with E-state index in [9.17, 15) is 9.90 Å². The summed E-state index contributed by atoms with van der Waals surface area (Å²) in [7, 11) is 0. The largest absolute Gasteiger partial charge is 0.506 e. The fraction of sp³-hybridized carbons (Fsp3) is 0.0455. The van der Waals surface area contributed by atoms with Gasteiger partial charge in [-0.15, -0.1) is 0 Å². The number of ketones is 1. The van der Waals surface area contributed by atoms with Gasteiger partial charge in [0.15, 0.2) is 0 Å². The van der Waals surface area contributed by atoms with Crippen molar-refractivity contribution in [2.75, 3.05) is 5.43 Å². The first-order valence-corrected chi connectivity index (χ1v) is 8.45. The van der Waals surface area contributed by atoms with Crippen LogP contribution in [0.4, 0.5) is 5.69 Å². The zero-order chi connectivity index (χ0) is 19.1. The van der Waals surface area contributed by atoms with E-state index in [-0.39, 0.29) is 32.0 Å². The standard InChI is InChI=1S/C16H12N2O2.C6H7N.Pd/c19-14-8-4-3-7-13(14)17-18-16-12-6-2-1-5-11(12)9-10-15(16)20;1-6-2-4-7-5-3-6;/h1-10,17,19H;2-5H,1H3;/b18-16-;;. The minimum atomic E-state index is -0.161. The Balaban J connectivity index is 0.000000298. The van der Waals surface area contributed by atoms with Crippen molar-refractivity contribution in [1.29, 1.82) is 0 Å². The normalized spacial score (nSPS) is 13.0. The van der Waals surface area contributed by atoms with Crippen LogP contribution < -0.4 is 5.43 Å². The monoisotopic (exact) mass is 463 g/mol. The molecule has 144 valence electrons. The van der Waals surface area contributed by atoms with Crippen LogP contribution in [0.2, 0.25) is 0 Å². The summed E-state index contributed by atoms with van der Waals surface area (Å²) in [5.74, 6) is -0.0736. The van der Waals surface area contributed by atoms with Crippen molar-refractivity contribution in [3.8, 4) is 5.75 Å². The Morgan fingerprint density at radius 1 is 0.929 bits per heavy atom. The smallest absolute Gasteiger partial charge is 0.206 e. The van der Waals surface area contributed by atoms with Gasteiger partial charge in [-0.2, -0.15) is 5.10 Å². The second-order valence-corrected chi connectivity index (χ2v) is 5.90. The van der Waals surface area contributed by atoms with Crippen molar-refractivity contribution in [2.45, 2.75) is 6.92 Å². The molecule has 0 spiro atoms. The maximum atomic E-state index is 11.9. The number of carbonyl (C=O) groups excluding carboxylic acids is 1. The van der Waals surface area contributed by atoms with Crippen LogP contribution in [0.15, 0.2) is 84.2 Å². The number of hydrogen-bond donors (Lipinski definition) is 2. The molecule has 1 heterocycles. The number of aromatic hydroxyl groups is 1. The molecule has 0 atom stereocenters. The van der Waals surface area contributed by atoms with Crippen LogP contribution in [0, 0.1) is 6.92 Å². The molecule has 1 aliphatic rings. The molecule has 0 saturated carbocycles. The summed E-state index contributed by atoms with van der Waals surface area (Å²) in [6.07, 6.45) is 6.84. The average molecular weight is 464 g/mol. The molecule has 3 aromatic rings. The summed E-state index contributed by atoms with van der Waals surface area (Å²) < 4.78 is 0. The molecule has 0 radical (unpaired) electrons. The number of benzene rings is 2. The number of fused-ring (bicyclic) bond motifs is 1. The average Bonchev–Trinajstić information content (AvgIpc) is 2.69. The van der Waals surface area contributed by atoms with E-state index in [0.29, 0.717) is 11.4 Å². The van der Waals surface area contributed by atoms with E-state index >= 15 is 0 Å². The topological polar surface area (TPSA) is 74.6 Å². The summed E-state index contributed by atoms with van der Waals surface area (Å²) in [5, 5.41) is 13.8. The molecule has 0 unspecified atom stereocenters. The van der Waals surface area contributed by atoms with Gasteiger partial charge in [-0.1, -0.05) is 42.5 Å². The predicted molar refractivity (Wildman–Crippen MR) is 108 cm³/mol. The van der Waals surface area contributed by atoms with Crippen molar-refractivity contribution in [1.82, 2.24) is 4.98 Å². The third-order valence-electron chi connectivity index (χ3n) is 3.90. The molecule has 0 saturated heterocycles. The van der Waals surface area contributed by atoms with Crippen LogP contribution in [0.1, 0.15) is 16.7 Å². The first-order valence-electron chi connectivity index (χ1n) is 8.45. The van der Waals surface area contributed by atoms with Gasteiger partial charge < -0.3 is 5.11 Å². The van der Waals surface area contributed by atoms with Crippen LogP contribution in [-0.2, 0) is 25.2 Å². The SMILES string of the molecule is Cc1ccncc1.O=C1C=Cc2ccccc2/C1=N/Nc1ccccc1O.[Pd]. The van der Waals surface area contributed by atoms with Gasteiger partial charge in [-0.25, -0.2) is 0 Å². The Bertz CT molecular complexity index is 1000. The molecule has 1 aromatic heterocycles. The number of rotatable bonds is 2. The summed E-state index contributed by atoms with van der Waals surface area (Å²) in [4.78, 5) is 15.8. The number of phenolic OH excluding ortho intramolecular Hbond substituents is 1. The molecule has 5 nitrogen and oxygen atoms in total. The maximum Gasteiger partial charge on any atom is 0.206 e. The quantitative estimate of drug-likeness (QED) is 0.339. The van der Waals surface area contributed by atoms with Gasteiger partial charge in [0.25, 0.3) is 0 Å². The van der Waals surface area contributed by atoms with Crippen LogP contribution >= 0.6 is 0 Å². The van der Waals surface area contributed by atoms with E-state index < -0.39 is 0 Å². The maximum absolute atomic E-state index is 11.9. The molecule has 1 aliphatic carbocycles. The Morgan fingerprint density at radius 2 is 1.61 bits per heavy atom. The molecule has 2 aromatic carbocycles. The summed E-state index contributed by atoms with van der Waals surface area (Å²) in [6, 6.07) is 18.2. The number of hydrazone groups is 1. The Hall–Kier alpha value is -3.07. The van der Waals surface area contributed by atoms with E-state index in [1.54, 1.807) is 42.7 Å². The van der Waals surface area contributed by atoms with E-state index in [4.69, 9.17) is 0 Å². The molecule has 0 fully saturated rings. The van der Waals surface area contributed by atoms with Gasteiger partial charge in [0.1, 0.15) is 11.5 Å². The summed E-state index contributed by atoms with van der Waals surface area (Å²) >= 11 is 0. The van der Waals surface area contributed by atoms with Crippen LogP contribution in [-0.4, -0.2) is 21.6 Å². The van der Waals surface area contributed by atoms with Crippen LogP contribution in [0.25, 0.3) is 6.08 Å². The number of phenols is 1. The number of carbonyl (C=O) groups is 1. The zero-order valence-electron chi connectivity index (χ0n) is 15.1. The number of anilines is 1. The van der Waals surface area contributed by atoms with Gasteiger partial charge in [0.05, 0.1) is 5.69 Å². The molecule has 2 N–H and O–H groups in total. The molecular formula is C22H19N3O2Pd. The Kier molecular flexibility index (Phi) is 7.82. The molecule has 28 heavy (non-hydrogen) atoms. The van der Waals surface area contributed by atoms with Crippen molar-refractivity contribution in [3.63, 3.8) is 0 Å². The van der Waals surface area contributed by atoms with Gasteiger partial charge in [0.2, 0.25) is 5.78 Å². The first kappa shape index (κ1) is 21.2. The number of allylic oxidation sites excluding steroid dienone is 1. The second-order valence-electron chi connectivity index (χ2n) is 5.90. The number of nitrogens with zero attached hydrogens (tertiary/aromatic N) is 2. The number of aromatic nitrogens is 1. The zero-order valence-corrected chi connectivity index (χ0v) is 16.7. The number of hydrogen-bond acceptors (Lipinski definition) is 5. The van der Waals surface area contributed by atoms with Gasteiger partial charge in [-0.05, 0) is 48.4 Å². The number of aryl methyl sites for hydroxylation is 1. The van der Waals surface area contributed by atoms with Gasteiger partial charge in [0, 0.05) is 38.4 Å². The number of pyridine rings is 1. The summed E-state index contributed by atoms with van der Waals surface area (Å²) in [6.45, 7) is 2.04. The first-order chi connectivity index (χ1) is 13.1. The Morgan fingerprint density at radius 3 is 2.29 bits per heavy atom. The van der Waals surface area contributed by atoms with E-state index in [2.05, 4.69) is 15.5 Å². The predicted octanol–water partition coefficient (Wildman–Crippen LogP) is 4.19. The van der Waals surface area contributed by atoms with Crippen molar-refractivity contribution >= 4 is 23.3 Å². The minimum absolute atomic E-state index is 0. The number of para-hydroxylation sites is 2. The molecule has 0 bridgehead atoms. The van der Waals surface area contributed by atoms with Crippen molar-refractivity contribution in [3.05, 3.63) is 95.8 Å². The number of nitrogens with one attached hydrogen (secondary N) is 1. The molecule has 6 heteroatoms. The summed E-state index contributed by atoms with van der Waals surface area (Å²) in [5.41, 5.74) is 6.52.